The van der Waals surface area contributed by atoms with E-state index < -0.39 is 0 Å². The van der Waals surface area contributed by atoms with Crippen molar-refractivity contribution in [3.63, 3.8) is 0 Å². The highest BCUT2D eigenvalue weighted by molar-refractivity contribution is 5.64. The van der Waals surface area contributed by atoms with Gasteiger partial charge in [-0.05, 0) is 17.9 Å². The molecular formula is C13H19N3O2. The summed E-state index contributed by atoms with van der Waals surface area (Å²) in [5, 5.41) is 13.9. The van der Waals surface area contributed by atoms with Crippen LogP contribution in [0.25, 0.3) is 0 Å². The highest BCUT2D eigenvalue weighted by Crippen LogP contribution is 2.32. The van der Waals surface area contributed by atoms with Gasteiger partial charge >= 0.3 is 0 Å². The summed E-state index contributed by atoms with van der Waals surface area (Å²) in [5.74, 6) is 1.25. The highest BCUT2D eigenvalue weighted by Gasteiger charge is 2.27. The second-order valence-electron chi connectivity index (χ2n) is 5.10. The first-order chi connectivity index (χ1) is 8.51. The van der Waals surface area contributed by atoms with E-state index >= 15 is 0 Å². The maximum atomic E-state index is 10.9. The lowest BCUT2D eigenvalue weighted by atomic mass is 10.0. The number of nitrogens with zero attached hydrogens (tertiary/aromatic N) is 2. The molecule has 1 aromatic rings. The molecule has 2 atom stereocenters. The maximum absolute atomic E-state index is 10.9. The first kappa shape index (κ1) is 12.7. The third kappa shape index (κ3) is 2.39. The molecule has 0 spiro atoms. The first-order valence-corrected chi connectivity index (χ1v) is 6.23. The van der Waals surface area contributed by atoms with Crippen molar-refractivity contribution in [1.82, 2.24) is 0 Å². The van der Waals surface area contributed by atoms with Gasteiger partial charge in [-0.25, -0.2) is 0 Å². The standard InChI is InChI=1S/C13H19N3O2/c1-9-7-15(8-10(9)2)12-4-11(14-3)5-13(6-12)16(17)18/h4-6,9-10,14H,7-8H2,1-3H3. The largest absolute Gasteiger partial charge is 0.388 e. The van der Waals surface area contributed by atoms with Crippen LogP contribution in [0.4, 0.5) is 17.1 Å². The second kappa shape index (κ2) is 4.84. The molecule has 1 aliphatic rings. The van der Waals surface area contributed by atoms with Gasteiger partial charge in [0.15, 0.2) is 0 Å². The van der Waals surface area contributed by atoms with Gasteiger partial charge < -0.3 is 10.2 Å². The van der Waals surface area contributed by atoms with Crippen molar-refractivity contribution in [3.05, 3.63) is 28.3 Å². The predicted octanol–water partition coefficient (Wildman–Crippen LogP) is 2.73. The van der Waals surface area contributed by atoms with Crippen LogP contribution in [-0.4, -0.2) is 25.1 Å². The van der Waals surface area contributed by atoms with Gasteiger partial charge in [0, 0.05) is 43.6 Å². The Bertz CT molecular complexity index is 452. The smallest absolute Gasteiger partial charge is 0.273 e. The zero-order valence-corrected chi connectivity index (χ0v) is 11.0. The van der Waals surface area contributed by atoms with E-state index in [4.69, 9.17) is 0 Å². The minimum atomic E-state index is -0.340. The van der Waals surface area contributed by atoms with Crippen molar-refractivity contribution in [3.8, 4) is 0 Å². The van der Waals surface area contributed by atoms with Crippen molar-refractivity contribution >= 4 is 17.1 Å². The van der Waals surface area contributed by atoms with Crippen molar-refractivity contribution in [2.24, 2.45) is 11.8 Å². The number of hydrogen-bond donors (Lipinski definition) is 1. The van der Waals surface area contributed by atoms with Gasteiger partial charge in [0.05, 0.1) is 4.92 Å². The Balaban J connectivity index is 2.32. The van der Waals surface area contributed by atoms with Crippen molar-refractivity contribution in [2.45, 2.75) is 13.8 Å². The maximum Gasteiger partial charge on any atom is 0.273 e. The van der Waals surface area contributed by atoms with E-state index in [1.165, 1.54) is 0 Å². The van der Waals surface area contributed by atoms with Crippen LogP contribution in [0.2, 0.25) is 0 Å². The van der Waals surface area contributed by atoms with Gasteiger partial charge in [-0.15, -0.1) is 0 Å². The summed E-state index contributed by atoms with van der Waals surface area (Å²) >= 11 is 0. The Morgan fingerprint density at radius 1 is 1.28 bits per heavy atom. The lowest BCUT2D eigenvalue weighted by Gasteiger charge is -2.19. The summed E-state index contributed by atoms with van der Waals surface area (Å²) in [6.07, 6.45) is 0. The zero-order valence-electron chi connectivity index (χ0n) is 11.0. The summed E-state index contributed by atoms with van der Waals surface area (Å²) in [6, 6.07) is 5.19. The van der Waals surface area contributed by atoms with Crippen LogP contribution in [0.5, 0.6) is 0 Å². The summed E-state index contributed by atoms with van der Waals surface area (Å²) in [5.41, 5.74) is 1.86. The van der Waals surface area contributed by atoms with Crippen molar-refractivity contribution < 1.29 is 4.92 Å². The number of rotatable bonds is 3. The van der Waals surface area contributed by atoms with E-state index in [2.05, 4.69) is 24.1 Å². The molecule has 1 fully saturated rings. The van der Waals surface area contributed by atoms with E-state index in [0.29, 0.717) is 11.8 Å². The van der Waals surface area contributed by atoms with Gasteiger partial charge in [-0.3, -0.25) is 10.1 Å². The van der Waals surface area contributed by atoms with Gasteiger partial charge in [-0.2, -0.15) is 0 Å². The summed E-state index contributed by atoms with van der Waals surface area (Å²) < 4.78 is 0. The van der Waals surface area contributed by atoms with Crippen LogP contribution in [-0.2, 0) is 0 Å². The molecule has 1 aliphatic heterocycles. The normalized spacial score (nSPS) is 23.2. The molecule has 2 rings (SSSR count). The van der Waals surface area contributed by atoms with Crippen LogP contribution < -0.4 is 10.2 Å². The third-order valence-electron chi connectivity index (χ3n) is 3.76. The Morgan fingerprint density at radius 3 is 2.39 bits per heavy atom. The molecule has 5 nitrogen and oxygen atoms in total. The van der Waals surface area contributed by atoms with Gasteiger partial charge in [0.1, 0.15) is 0 Å². The average molecular weight is 249 g/mol. The van der Waals surface area contributed by atoms with Gasteiger partial charge in [-0.1, -0.05) is 13.8 Å². The molecule has 1 aromatic carbocycles. The molecule has 2 unspecified atom stereocenters. The van der Waals surface area contributed by atoms with Crippen LogP contribution >= 0.6 is 0 Å². The summed E-state index contributed by atoms with van der Waals surface area (Å²) in [6.45, 7) is 6.37. The predicted molar refractivity (Wildman–Crippen MR) is 73.2 cm³/mol. The molecule has 5 heteroatoms. The number of nitrogens with one attached hydrogen (secondary N) is 1. The van der Waals surface area contributed by atoms with E-state index in [1.54, 1.807) is 19.2 Å². The molecule has 0 radical (unpaired) electrons. The molecule has 0 aliphatic carbocycles. The third-order valence-corrected chi connectivity index (χ3v) is 3.76. The lowest BCUT2D eigenvalue weighted by Crippen LogP contribution is -2.19. The summed E-state index contributed by atoms with van der Waals surface area (Å²) in [7, 11) is 1.78. The van der Waals surface area contributed by atoms with E-state index in [1.807, 2.05) is 6.07 Å². The zero-order chi connectivity index (χ0) is 13.3. The minimum Gasteiger partial charge on any atom is -0.388 e. The van der Waals surface area contributed by atoms with Crippen LogP contribution in [0.3, 0.4) is 0 Å². The molecule has 18 heavy (non-hydrogen) atoms. The number of nitro groups is 1. The molecule has 1 heterocycles. The first-order valence-electron chi connectivity index (χ1n) is 6.23. The Hall–Kier alpha value is -1.78. The van der Waals surface area contributed by atoms with Crippen molar-refractivity contribution in [2.75, 3.05) is 30.4 Å². The Kier molecular flexibility index (Phi) is 3.41. The average Bonchev–Trinajstić information content (AvgIpc) is 2.69. The fourth-order valence-electron chi connectivity index (χ4n) is 2.37. The van der Waals surface area contributed by atoms with Crippen molar-refractivity contribution in [1.29, 1.82) is 0 Å². The van der Waals surface area contributed by atoms with Gasteiger partial charge in [0.25, 0.3) is 5.69 Å². The number of non-ortho nitro benzene ring substituents is 1. The molecule has 1 saturated heterocycles. The SMILES string of the molecule is CNc1cc(N2CC(C)C(C)C2)cc([N+](=O)[O-])c1. The van der Waals surface area contributed by atoms with E-state index in [-0.39, 0.29) is 10.6 Å². The molecule has 0 saturated carbocycles. The summed E-state index contributed by atoms with van der Waals surface area (Å²) in [4.78, 5) is 12.8. The Labute approximate surface area is 107 Å². The van der Waals surface area contributed by atoms with Crippen LogP contribution in [0, 0.1) is 22.0 Å². The molecule has 0 aromatic heterocycles. The number of benzene rings is 1. The monoisotopic (exact) mass is 249 g/mol. The van der Waals surface area contributed by atoms with E-state index in [0.717, 1.165) is 24.5 Å². The fraction of sp³-hybridized carbons (Fsp3) is 0.538. The van der Waals surface area contributed by atoms with Gasteiger partial charge in [0.2, 0.25) is 0 Å². The minimum absolute atomic E-state index is 0.143. The Morgan fingerprint density at radius 2 is 1.89 bits per heavy atom. The number of anilines is 2. The second-order valence-corrected chi connectivity index (χ2v) is 5.10. The van der Waals surface area contributed by atoms with Crippen LogP contribution in [0.15, 0.2) is 18.2 Å². The number of hydrogen-bond acceptors (Lipinski definition) is 4. The molecule has 98 valence electrons. The topological polar surface area (TPSA) is 58.4 Å². The molecule has 0 bridgehead atoms. The molecular weight excluding hydrogens is 230 g/mol. The van der Waals surface area contributed by atoms with E-state index in [9.17, 15) is 10.1 Å². The highest BCUT2D eigenvalue weighted by atomic mass is 16.6. The molecule has 0 amide bonds. The van der Waals surface area contributed by atoms with Crippen LogP contribution in [0.1, 0.15) is 13.8 Å². The lowest BCUT2D eigenvalue weighted by molar-refractivity contribution is -0.384. The molecule has 1 N–H and O–H groups in total. The fourth-order valence-corrected chi connectivity index (χ4v) is 2.37. The number of nitro benzene ring substituents is 1. The quantitative estimate of drug-likeness (QED) is 0.661.